The van der Waals surface area contributed by atoms with Gasteiger partial charge in [0.1, 0.15) is 12.0 Å². The van der Waals surface area contributed by atoms with Crippen LogP contribution in [0.1, 0.15) is 6.42 Å². The SMILES string of the molecule is O=C(Nc1ncc([N+](=O)[O-])s1)[C@H]1CC(=O)N(c2ccc(F)cc2)C1. The van der Waals surface area contributed by atoms with E-state index in [9.17, 15) is 24.1 Å². The summed E-state index contributed by atoms with van der Waals surface area (Å²) in [6, 6.07) is 5.42. The summed E-state index contributed by atoms with van der Waals surface area (Å²) < 4.78 is 13.0. The molecule has 0 unspecified atom stereocenters. The number of nitrogens with zero attached hydrogens (tertiary/aromatic N) is 3. The Kier molecular flexibility index (Phi) is 4.21. The number of rotatable bonds is 4. The molecule has 0 aliphatic carbocycles. The van der Waals surface area contributed by atoms with E-state index in [1.54, 1.807) is 0 Å². The van der Waals surface area contributed by atoms with Crippen LogP contribution in [0.5, 0.6) is 0 Å². The summed E-state index contributed by atoms with van der Waals surface area (Å²) in [5.41, 5.74) is 0.515. The molecule has 24 heavy (non-hydrogen) atoms. The van der Waals surface area contributed by atoms with Gasteiger partial charge in [-0.2, -0.15) is 0 Å². The second-order valence-corrected chi connectivity index (χ2v) is 6.14. The lowest BCUT2D eigenvalue weighted by atomic mass is 10.1. The Bertz CT molecular complexity index is 807. The van der Waals surface area contributed by atoms with Crippen molar-refractivity contribution in [3.8, 4) is 0 Å². The van der Waals surface area contributed by atoms with Crippen LogP contribution in [0.4, 0.5) is 20.2 Å². The van der Waals surface area contributed by atoms with Crippen molar-refractivity contribution in [2.45, 2.75) is 6.42 Å². The monoisotopic (exact) mass is 350 g/mol. The molecule has 10 heteroatoms. The standard InChI is InChI=1S/C14H11FN4O4S/c15-9-1-3-10(4-2-9)18-7-8(5-11(18)20)13(21)17-14-16-6-12(24-14)19(22)23/h1-4,6,8H,5,7H2,(H,16,17,21)/t8-/m0/s1. The van der Waals surface area contributed by atoms with Crippen LogP contribution in [0, 0.1) is 21.8 Å². The third-order valence-corrected chi connectivity index (χ3v) is 4.40. The minimum Gasteiger partial charge on any atom is -0.312 e. The molecule has 1 aliphatic heterocycles. The number of hydrogen-bond donors (Lipinski definition) is 1. The van der Waals surface area contributed by atoms with E-state index in [-0.39, 0.29) is 29.0 Å². The molecule has 2 amide bonds. The second kappa shape index (κ2) is 6.32. The summed E-state index contributed by atoms with van der Waals surface area (Å²) in [5, 5.41) is 13.0. The van der Waals surface area contributed by atoms with Crippen LogP contribution in [-0.4, -0.2) is 28.3 Å². The van der Waals surface area contributed by atoms with Gasteiger partial charge < -0.3 is 10.2 Å². The van der Waals surface area contributed by atoms with E-state index in [1.807, 2.05) is 0 Å². The normalized spacial score (nSPS) is 17.1. The van der Waals surface area contributed by atoms with Crippen LogP contribution in [0.3, 0.4) is 0 Å². The molecule has 3 rings (SSSR count). The fourth-order valence-electron chi connectivity index (χ4n) is 2.37. The maximum Gasteiger partial charge on any atom is 0.345 e. The molecule has 8 nitrogen and oxygen atoms in total. The molecule has 0 bridgehead atoms. The lowest BCUT2D eigenvalue weighted by Crippen LogP contribution is -2.28. The Morgan fingerprint density at radius 3 is 2.75 bits per heavy atom. The molecule has 2 heterocycles. The van der Waals surface area contributed by atoms with Crippen molar-refractivity contribution in [1.82, 2.24) is 4.98 Å². The lowest BCUT2D eigenvalue weighted by Gasteiger charge is -2.16. The van der Waals surface area contributed by atoms with Crippen molar-refractivity contribution in [1.29, 1.82) is 0 Å². The number of hydrogen-bond acceptors (Lipinski definition) is 6. The summed E-state index contributed by atoms with van der Waals surface area (Å²) in [4.78, 5) is 39.5. The number of nitrogens with one attached hydrogen (secondary N) is 1. The van der Waals surface area contributed by atoms with Crippen molar-refractivity contribution in [3.63, 3.8) is 0 Å². The molecule has 1 N–H and O–H groups in total. The van der Waals surface area contributed by atoms with E-state index in [2.05, 4.69) is 10.3 Å². The Morgan fingerprint density at radius 2 is 2.12 bits per heavy atom. The number of nitro groups is 1. The predicted octanol–water partition coefficient (Wildman–Crippen LogP) is 2.18. The number of thiazole rings is 1. The lowest BCUT2D eigenvalue weighted by molar-refractivity contribution is -0.380. The second-order valence-electron chi connectivity index (χ2n) is 5.13. The number of carbonyl (C=O) groups is 2. The van der Waals surface area contributed by atoms with Crippen molar-refractivity contribution in [2.24, 2.45) is 5.92 Å². The summed E-state index contributed by atoms with van der Waals surface area (Å²) in [6.45, 7) is 0.157. The zero-order chi connectivity index (χ0) is 17.3. The van der Waals surface area contributed by atoms with E-state index >= 15 is 0 Å². The average Bonchev–Trinajstić information content (AvgIpc) is 3.15. The van der Waals surface area contributed by atoms with Gasteiger partial charge in [0.05, 0.1) is 10.8 Å². The van der Waals surface area contributed by atoms with Gasteiger partial charge in [-0.05, 0) is 35.6 Å². The number of aromatic nitrogens is 1. The summed E-state index contributed by atoms with van der Waals surface area (Å²) in [7, 11) is 0. The van der Waals surface area contributed by atoms with E-state index in [0.717, 1.165) is 17.5 Å². The summed E-state index contributed by atoms with van der Waals surface area (Å²) in [6.07, 6.45) is 1.07. The third kappa shape index (κ3) is 3.23. The van der Waals surface area contributed by atoms with Gasteiger partial charge in [0.15, 0.2) is 5.13 Å². The molecule has 124 valence electrons. The molecule has 0 spiro atoms. The van der Waals surface area contributed by atoms with Crippen molar-refractivity contribution < 1.29 is 18.9 Å². The van der Waals surface area contributed by atoms with Crippen molar-refractivity contribution in [3.05, 3.63) is 46.4 Å². The fourth-order valence-corrected chi connectivity index (χ4v) is 3.00. The third-order valence-electron chi connectivity index (χ3n) is 3.54. The number of carbonyl (C=O) groups excluding carboxylic acids is 2. The van der Waals surface area contributed by atoms with Gasteiger partial charge in [0.2, 0.25) is 11.8 Å². The van der Waals surface area contributed by atoms with Gasteiger partial charge in [-0.1, -0.05) is 0 Å². The quantitative estimate of drug-likeness (QED) is 0.672. The van der Waals surface area contributed by atoms with Gasteiger partial charge in [-0.3, -0.25) is 19.7 Å². The Labute approximate surface area is 139 Å². The van der Waals surface area contributed by atoms with Crippen LogP contribution in [0.25, 0.3) is 0 Å². The van der Waals surface area contributed by atoms with Gasteiger partial charge in [-0.15, -0.1) is 0 Å². The molecule has 1 aromatic carbocycles. The highest BCUT2D eigenvalue weighted by Crippen LogP contribution is 2.28. The van der Waals surface area contributed by atoms with Gasteiger partial charge in [-0.25, -0.2) is 9.37 Å². The average molecular weight is 350 g/mol. The Hall–Kier alpha value is -2.88. The smallest absolute Gasteiger partial charge is 0.312 e. The number of benzene rings is 1. The number of amides is 2. The molecule has 1 aromatic heterocycles. The van der Waals surface area contributed by atoms with Crippen LogP contribution >= 0.6 is 11.3 Å². The van der Waals surface area contributed by atoms with Crippen molar-refractivity contribution in [2.75, 3.05) is 16.8 Å². The number of halogens is 1. The maximum absolute atomic E-state index is 13.0. The first-order valence-corrected chi connectivity index (χ1v) is 7.72. The Morgan fingerprint density at radius 1 is 1.42 bits per heavy atom. The maximum atomic E-state index is 13.0. The molecule has 2 aromatic rings. The van der Waals surface area contributed by atoms with E-state index in [1.165, 1.54) is 29.2 Å². The van der Waals surface area contributed by atoms with Gasteiger partial charge in [0, 0.05) is 18.7 Å². The largest absolute Gasteiger partial charge is 0.345 e. The number of anilines is 2. The highest BCUT2D eigenvalue weighted by molar-refractivity contribution is 7.18. The first-order valence-electron chi connectivity index (χ1n) is 6.91. The fraction of sp³-hybridized carbons (Fsp3) is 0.214. The van der Waals surface area contributed by atoms with Gasteiger partial charge in [0.25, 0.3) is 0 Å². The van der Waals surface area contributed by atoms with Crippen LogP contribution < -0.4 is 10.2 Å². The summed E-state index contributed by atoms with van der Waals surface area (Å²) >= 11 is 0.745. The molecule has 1 aliphatic rings. The van der Waals surface area contributed by atoms with Crippen molar-refractivity contribution >= 4 is 39.0 Å². The molecule has 1 fully saturated rings. The minimum atomic E-state index is -0.606. The molecular weight excluding hydrogens is 339 g/mol. The minimum absolute atomic E-state index is 0.0106. The van der Waals surface area contributed by atoms with E-state index in [0.29, 0.717) is 5.69 Å². The molecule has 1 saturated heterocycles. The highest BCUT2D eigenvalue weighted by Gasteiger charge is 2.35. The Balaban J connectivity index is 1.67. The first kappa shape index (κ1) is 16.0. The first-order chi connectivity index (χ1) is 11.4. The van der Waals surface area contributed by atoms with Crippen LogP contribution in [-0.2, 0) is 9.59 Å². The topological polar surface area (TPSA) is 105 Å². The highest BCUT2D eigenvalue weighted by atomic mass is 32.1. The molecule has 0 radical (unpaired) electrons. The zero-order valence-corrected chi connectivity index (χ0v) is 13.0. The molecular formula is C14H11FN4O4S. The summed E-state index contributed by atoms with van der Waals surface area (Å²) in [5.74, 6) is -1.69. The molecule has 1 atom stereocenters. The van der Waals surface area contributed by atoms with Crippen LogP contribution in [0.15, 0.2) is 30.5 Å². The predicted molar refractivity (Wildman–Crippen MR) is 84.3 cm³/mol. The molecule has 0 saturated carbocycles. The van der Waals surface area contributed by atoms with Gasteiger partial charge >= 0.3 is 5.00 Å². The zero-order valence-electron chi connectivity index (χ0n) is 12.1. The van der Waals surface area contributed by atoms with Crippen LogP contribution in [0.2, 0.25) is 0 Å². The van der Waals surface area contributed by atoms with E-state index in [4.69, 9.17) is 0 Å². The van der Waals surface area contributed by atoms with E-state index < -0.39 is 22.6 Å².